The first-order chi connectivity index (χ1) is 7.27. The van der Waals surface area contributed by atoms with E-state index in [2.05, 4.69) is 26.0 Å². The van der Waals surface area contributed by atoms with Crippen LogP contribution < -0.4 is 0 Å². The first-order valence-corrected chi connectivity index (χ1v) is 6.27. The topological polar surface area (TPSA) is 0 Å². The lowest BCUT2D eigenvalue weighted by Crippen LogP contribution is -2.06. The molecule has 0 N–H and O–H groups in total. The van der Waals surface area contributed by atoms with Crippen molar-refractivity contribution in [3.05, 3.63) is 40.3 Å². The summed E-state index contributed by atoms with van der Waals surface area (Å²) >= 11 is 0. The van der Waals surface area contributed by atoms with Gasteiger partial charge in [0.1, 0.15) is 0 Å². The van der Waals surface area contributed by atoms with Crippen LogP contribution in [-0.2, 0) is 19.3 Å². The number of aryl methyl sites for hydroxylation is 2. The van der Waals surface area contributed by atoms with Crippen LogP contribution in [0.3, 0.4) is 0 Å². The van der Waals surface area contributed by atoms with E-state index in [4.69, 9.17) is 0 Å². The zero-order chi connectivity index (χ0) is 10.4. The Labute approximate surface area is 92.7 Å². The molecule has 1 radical (unpaired) electrons. The maximum absolute atomic E-state index is 2.38. The Hall–Kier alpha value is -0.780. The molecule has 0 fully saturated rings. The lowest BCUT2D eigenvalue weighted by Gasteiger charge is -2.18. The molecule has 0 amide bonds. The molecule has 1 aromatic rings. The van der Waals surface area contributed by atoms with Gasteiger partial charge >= 0.3 is 0 Å². The van der Waals surface area contributed by atoms with Crippen molar-refractivity contribution in [2.45, 2.75) is 46.0 Å². The Kier molecular flexibility index (Phi) is 2.12. The molecule has 1 aromatic carbocycles. The molecule has 0 bridgehead atoms. The molecule has 2 aliphatic carbocycles. The fraction of sp³-hybridized carbons (Fsp3) is 0.533. The van der Waals surface area contributed by atoms with Crippen molar-refractivity contribution in [2.75, 3.05) is 0 Å². The Morgan fingerprint density at radius 2 is 1.73 bits per heavy atom. The highest BCUT2D eigenvalue weighted by Gasteiger charge is 2.30. The zero-order valence-electron chi connectivity index (χ0n) is 9.77. The fourth-order valence-electron chi connectivity index (χ4n) is 3.29. The normalized spacial score (nSPS) is 19.7. The molecule has 0 saturated carbocycles. The van der Waals surface area contributed by atoms with Gasteiger partial charge < -0.3 is 0 Å². The van der Waals surface area contributed by atoms with Crippen LogP contribution in [0.1, 0.15) is 48.9 Å². The summed E-state index contributed by atoms with van der Waals surface area (Å²) < 4.78 is 0. The maximum atomic E-state index is 2.38. The monoisotopic (exact) mass is 199 g/mol. The molecule has 0 heterocycles. The summed E-state index contributed by atoms with van der Waals surface area (Å²) in [4.78, 5) is 0. The fourth-order valence-corrected chi connectivity index (χ4v) is 3.29. The van der Waals surface area contributed by atoms with E-state index >= 15 is 0 Å². The molecule has 2 aliphatic rings. The first-order valence-electron chi connectivity index (χ1n) is 6.27. The molecule has 0 heteroatoms. The Morgan fingerprint density at radius 1 is 0.933 bits per heavy atom. The minimum Gasteiger partial charge on any atom is -0.0619 e. The summed E-state index contributed by atoms with van der Waals surface area (Å²) in [5.41, 5.74) is 6.64. The van der Waals surface area contributed by atoms with Crippen molar-refractivity contribution >= 4 is 0 Å². The quantitative estimate of drug-likeness (QED) is 0.647. The Balaban J connectivity index is 2.13. The second-order valence-corrected chi connectivity index (χ2v) is 5.27. The first kappa shape index (κ1) is 9.45. The summed E-state index contributed by atoms with van der Waals surface area (Å²) in [7, 11) is 0. The average Bonchev–Trinajstić information content (AvgIpc) is 2.82. The van der Waals surface area contributed by atoms with E-state index in [-0.39, 0.29) is 0 Å². The largest absolute Gasteiger partial charge is 0.0619 e. The van der Waals surface area contributed by atoms with Crippen LogP contribution in [-0.4, -0.2) is 0 Å². The molecule has 15 heavy (non-hydrogen) atoms. The molecule has 0 unspecified atom stereocenters. The lowest BCUT2D eigenvalue weighted by molar-refractivity contribution is 0.651. The molecular weight excluding hydrogens is 180 g/mol. The number of benzene rings is 1. The van der Waals surface area contributed by atoms with Gasteiger partial charge in [0.05, 0.1) is 0 Å². The van der Waals surface area contributed by atoms with Crippen LogP contribution in [0.15, 0.2) is 12.1 Å². The average molecular weight is 199 g/mol. The van der Waals surface area contributed by atoms with Gasteiger partial charge in [0.15, 0.2) is 0 Å². The van der Waals surface area contributed by atoms with Crippen LogP contribution in [0.5, 0.6) is 0 Å². The second-order valence-electron chi connectivity index (χ2n) is 5.27. The Bertz CT molecular complexity index is 387. The Morgan fingerprint density at radius 3 is 2.53 bits per heavy atom. The van der Waals surface area contributed by atoms with Gasteiger partial charge in [0.2, 0.25) is 0 Å². The summed E-state index contributed by atoms with van der Waals surface area (Å²) in [5, 5.41) is 0. The molecule has 0 nitrogen and oxygen atoms in total. The van der Waals surface area contributed by atoms with E-state index in [9.17, 15) is 0 Å². The maximum Gasteiger partial charge on any atom is 0.00842 e. The van der Waals surface area contributed by atoms with Crippen molar-refractivity contribution in [2.24, 2.45) is 5.92 Å². The van der Waals surface area contributed by atoms with E-state index < -0.39 is 0 Å². The van der Waals surface area contributed by atoms with Gasteiger partial charge in [-0.15, -0.1) is 0 Å². The summed E-state index contributed by atoms with van der Waals surface area (Å²) in [5.74, 6) is 2.46. The van der Waals surface area contributed by atoms with Crippen LogP contribution >= 0.6 is 0 Å². The third-order valence-corrected chi connectivity index (χ3v) is 4.05. The van der Waals surface area contributed by atoms with Gasteiger partial charge in [-0.1, -0.05) is 26.0 Å². The molecule has 0 atom stereocenters. The van der Waals surface area contributed by atoms with Gasteiger partial charge in [0, 0.05) is 5.92 Å². The van der Waals surface area contributed by atoms with Gasteiger partial charge in [-0.3, -0.25) is 0 Å². The van der Waals surface area contributed by atoms with Crippen molar-refractivity contribution in [3.8, 4) is 0 Å². The van der Waals surface area contributed by atoms with E-state index in [0.717, 1.165) is 5.92 Å². The van der Waals surface area contributed by atoms with E-state index in [1.165, 1.54) is 32.1 Å². The predicted molar refractivity (Wildman–Crippen MR) is 64.0 cm³/mol. The number of rotatable bonds is 1. The SMILES string of the molecule is CC(C)[C]1CCc2ccc3c(c21)CCC3. The van der Waals surface area contributed by atoms with Crippen molar-refractivity contribution < 1.29 is 0 Å². The van der Waals surface area contributed by atoms with Gasteiger partial charge in [-0.05, 0) is 60.3 Å². The van der Waals surface area contributed by atoms with Crippen molar-refractivity contribution in [1.82, 2.24) is 0 Å². The summed E-state index contributed by atoms with van der Waals surface area (Å²) in [6, 6.07) is 4.76. The third kappa shape index (κ3) is 1.34. The highest BCUT2D eigenvalue weighted by atomic mass is 14.3. The third-order valence-electron chi connectivity index (χ3n) is 4.05. The van der Waals surface area contributed by atoms with Crippen LogP contribution in [0.2, 0.25) is 0 Å². The van der Waals surface area contributed by atoms with Crippen LogP contribution in [0, 0.1) is 11.8 Å². The van der Waals surface area contributed by atoms with Gasteiger partial charge in [-0.2, -0.15) is 0 Å². The second kappa shape index (κ2) is 3.37. The molecule has 79 valence electrons. The van der Waals surface area contributed by atoms with Crippen molar-refractivity contribution in [3.63, 3.8) is 0 Å². The highest BCUT2D eigenvalue weighted by molar-refractivity contribution is 5.54. The molecule has 0 saturated heterocycles. The number of hydrogen-bond donors (Lipinski definition) is 0. The van der Waals surface area contributed by atoms with E-state index in [1.54, 1.807) is 28.2 Å². The smallest absolute Gasteiger partial charge is 0.00842 e. The molecular formula is C15H19. The van der Waals surface area contributed by atoms with Crippen LogP contribution in [0.4, 0.5) is 0 Å². The van der Waals surface area contributed by atoms with E-state index in [0.29, 0.717) is 0 Å². The number of fused-ring (bicyclic) bond motifs is 3. The lowest BCUT2D eigenvalue weighted by atomic mass is 9.86. The minimum atomic E-state index is 0.735. The number of hydrogen-bond acceptors (Lipinski definition) is 0. The van der Waals surface area contributed by atoms with Crippen molar-refractivity contribution in [1.29, 1.82) is 0 Å². The van der Waals surface area contributed by atoms with Gasteiger partial charge in [0.25, 0.3) is 0 Å². The molecule has 0 spiro atoms. The molecule has 0 aliphatic heterocycles. The van der Waals surface area contributed by atoms with E-state index in [1.807, 2.05) is 0 Å². The molecule has 0 aromatic heterocycles. The zero-order valence-corrected chi connectivity index (χ0v) is 9.77. The summed E-state index contributed by atoms with van der Waals surface area (Å²) in [6.45, 7) is 4.69. The highest BCUT2D eigenvalue weighted by Crippen LogP contribution is 2.42. The van der Waals surface area contributed by atoms with Crippen LogP contribution in [0.25, 0.3) is 0 Å². The minimum absolute atomic E-state index is 0.735. The summed E-state index contributed by atoms with van der Waals surface area (Å²) in [6.07, 6.45) is 6.61. The van der Waals surface area contributed by atoms with Gasteiger partial charge in [-0.25, -0.2) is 0 Å². The molecule has 3 rings (SSSR count). The predicted octanol–water partition coefficient (Wildman–Crippen LogP) is 3.70. The standard InChI is InChI=1S/C15H19/c1-10(2)13-9-8-12-7-6-11-4-3-5-14(11)15(12)13/h6-7,10H,3-5,8-9H2,1-2H3.